The third kappa shape index (κ3) is 4.63. The fraction of sp³-hybridized carbons (Fsp3) is 0.250. The summed E-state index contributed by atoms with van der Waals surface area (Å²) in [6.07, 6.45) is 1.44. The molecule has 0 radical (unpaired) electrons. The van der Waals surface area contributed by atoms with Gasteiger partial charge in [-0.05, 0) is 49.1 Å². The van der Waals surface area contributed by atoms with E-state index in [2.05, 4.69) is 24.4 Å². The second-order valence-corrected chi connectivity index (χ2v) is 9.22. The maximum Gasteiger partial charge on any atom is 0.379 e. The monoisotopic (exact) mass is 456 g/mol. The first-order chi connectivity index (χ1) is 14.7. The molecule has 160 valence electrons. The first kappa shape index (κ1) is 21.5. The van der Waals surface area contributed by atoms with Crippen LogP contribution < -0.4 is 10.2 Å². The molecule has 31 heavy (non-hydrogen) atoms. The van der Waals surface area contributed by atoms with Crippen molar-refractivity contribution in [2.75, 3.05) is 5.43 Å². The molecule has 3 aromatic rings. The minimum Gasteiger partial charge on any atom is -0.453 e. The molecule has 1 aromatic heterocycles. The average Bonchev–Trinajstić information content (AvgIpc) is 3.04. The molecule has 4 rings (SSSR count). The van der Waals surface area contributed by atoms with Crippen LogP contribution in [0, 0.1) is 12.3 Å². The molecule has 0 unspecified atom stereocenters. The average molecular weight is 457 g/mol. The number of carbonyl (C=O) groups is 1. The van der Waals surface area contributed by atoms with Crippen molar-refractivity contribution in [3.63, 3.8) is 0 Å². The van der Waals surface area contributed by atoms with E-state index in [0.29, 0.717) is 17.0 Å². The molecule has 1 heterocycles. The Hall–Kier alpha value is -2.76. The minimum absolute atomic E-state index is 0.0604. The summed E-state index contributed by atoms with van der Waals surface area (Å²) in [5.41, 5.74) is 6.35. The summed E-state index contributed by atoms with van der Waals surface area (Å²) < 4.78 is 11.5. The Kier molecular flexibility index (Phi) is 5.82. The number of anilines is 1. The lowest BCUT2D eigenvalue weighted by molar-refractivity contribution is 0.0697. The predicted molar refractivity (Wildman–Crippen MR) is 124 cm³/mol. The van der Waals surface area contributed by atoms with Crippen molar-refractivity contribution < 1.29 is 13.9 Å². The fourth-order valence-corrected chi connectivity index (χ4v) is 4.20. The molecule has 0 saturated heterocycles. The summed E-state index contributed by atoms with van der Waals surface area (Å²) in [6.45, 7) is 6.15. The zero-order valence-electron chi connectivity index (χ0n) is 17.5. The van der Waals surface area contributed by atoms with Gasteiger partial charge in [-0.2, -0.15) is 5.10 Å². The van der Waals surface area contributed by atoms with Crippen molar-refractivity contribution in [2.45, 2.75) is 33.6 Å². The lowest BCUT2D eigenvalue weighted by atomic mass is 9.75. The highest BCUT2D eigenvalue weighted by Crippen LogP contribution is 2.39. The van der Waals surface area contributed by atoms with Crippen molar-refractivity contribution in [3.05, 3.63) is 81.2 Å². The van der Waals surface area contributed by atoms with Gasteiger partial charge in [0.25, 0.3) is 0 Å². The van der Waals surface area contributed by atoms with Crippen LogP contribution >= 0.6 is 23.2 Å². The van der Waals surface area contributed by atoms with E-state index >= 15 is 0 Å². The lowest BCUT2D eigenvalue weighted by Gasteiger charge is -2.29. The van der Waals surface area contributed by atoms with Gasteiger partial charge in [0.15, 0.2) is 0 Å². The van der Waals surface area contributed by atoms with Crippen molar-refractivity contribution in [3.8, 4) is 5.75 Å². The van der Waals surface area contributed by atoms with E-state index in [1.54, 1.807) is 12.1 Å². The van der Waals surface area contributed by atoms with Crippen molar-refractivity contribution in [1.82, 2.24) is 0 Å². The molecule has 7 heteroatoms. The molecule has 1 N–H and O–H groups in total. The number of para-hydroxylation sites is 1. The number of fused-ring (bicyclic) bond motifs is 1. The van der Waals surface area contributed by atoms with Gasteiger partial charge in [-0.3, -0.25) is 5.43 Å². The summed E-state index contributed by atoms with van der Waals surface area (Å²) in [4.78, 5) is 12.9. The molecule has 0 fully saturated rings. The van der Waals surface area contributed by atoms with E-state index in [9.17, 15) is 4.79 Å². The third-order valence-corrected chi connectivity index (χ3v) is 5.70. The Morgan fingerprint density at radius 2 is 1.87 bits per heavy atom. The SMILES string of the molecule is Cc1c(C(=O)Oc2ccc(Cl)cc2Cl)oc2c1/C(=N\Nc1ccccc1)CC(C)(C)C2. The van der Waals surface area contributed by atoms with Gasteiger partial charge in [0.05, 0.1) is 16.4 Å². The van der Waals surface area contributed by atoms with E-state index in [1.807, 2.05) is 37.3 Å². The Bertz CT molecular complexity index is 1170. The van der Waals surface area contributed by atoms with Gasteiger partial charge in [-0.1, -0.05) is 55.2 Å². The first-order valence-electron chi connectivity index (χ1n) is 9.91. The van der Waals surface area contributed by atoms with E-state index in [-0.39, 0.29) is 21.9 Å². The molecule has 0 atom stereocenters. The smallest absolute Gasteiger partial charge is 0.379 e. The number of rotatable bonds is 4. The second kappa shape index (κ2) is 8.40. The number of nitrogens with zero attached hydrogens (tertiary/aromatic N) is 1. The number of ether oxygens (including phenoxy) is 1. The van der Waals surface area contributed by atoms with Gasteiger partial charge in [-0.25, -0.2) is 4.79 Å². The van der Waals surface area contributed by atoms with Crippen LogP contribution in [0.25, 0.3) is 0 Å². The van der Waals surface area contributed by atoms with Gasteiger partial charge in [0.1, 0.15) is 11.5 Å². The van der Waals surface area contributed by atoms with Gasteiger partial charge in [-0.15, -0.1) is 0 Å². The van der Waals surface area contributed by atoms with Crippen LogP contribution in [-0.4, -0.2) is 11.7 Å². The highest BCUT2D eigenvalue weighted by molar-refractivity contribution is 6.35. The molecular weight excluding hydrogens is 435 g/mol. The Morgan fingerprint density at radius 1 is 1.13 bits per heavy atom. The zero-order valence-corrected chi connectivity index (χ0v) is 19.0. The van der Waals surface area contributed by atoms with Gasteiger partial charge in [0.2, 0.25) is 5.76 Å². The van der Waals surface area contributed by atoms with Gasteiger partial charge < -0.3 is 9.15 Å². The number of hydrogen-bond donors (Lipinski definition) is 1. The first-order valence-corrected chi connectivity index (χ1v) is 10.7. The van der Waals surface area contributed by atoms with E-state index in [0.717, 1.165) is 29.1 Å². The number of benzene rings is 2. The zero-order chi connectivity index (χ0) is 22.2. The summed E-state index contributed by atoms with van der Waals surface area (Å²) in [6, 6.07) is 14.4. The highest BCUT2D eigenvalue weighted by atomic mass is 35.5. The Balaban J connectivity index is 1.67. The highest BCUT2D eigenvalue weighted by Gasteiger charge is 2.36. The second-order valence-electron chi connectivity index (χ2n) is 8.37. The molecule has 2 aromatic carbocycles. The van der Waals surface area contributed by atoms with Crippen LogP contribution in [0.3, 0.4) is 0 Å². The number of esters is 1. The van der Waals surface area contributed by atoms with Crippen molar-refractivity contribution in [1.29, 1.82) is 0 Å². The van der Waals surface area contributed by atoms with Crippen LogP contribution in [0.2, 0.25) is 10.0 Å². The summed E-state index contributed by atoms with van der Waals surface area (Å²) in [7, 11) is 0. The van der Waals surface area contributed by atoms with Crippen LogP contribution in [0.5, 0.6) is 5.75 Å². The van der Waals surface area contributed by atoms with Crippen molar-refractivity contribution >= 4 is 40.6 Å². The van der Waals surface area contributed by atoms with Crippen molar-refractivity contribution in [2.24, 2.45) is 10.5 Å². The molecule has 0 aliphatic heterocycles. The number of nitrogens with one attached hydrogen (secondary N) is 1. The molecule has 0 amide bonds. The number of furan rings is 1. The van der Waals surface area contributed by atoms with E-state index in [1.165, 1.54) is 6.07 Å². The normalized spacial score (nSPS) is 16.1. The number of hydrazone groups is 1. The van der Waals surface area contributed by atoms with Gasteiger partial charge in [0, 0.05) is 22.6 Å². The largest absolute Gasteiger partial charge is 0.453 e. The maximum atomic E-state index is 12.9. The minimum atomic E-state index is -0.607. The lowest BCUT2D eigenvalue weighted by Crippen LogP contribution is -2.27. The summed E-state index contributed by atoms with van der Waals surface area (Å²) in [5, 5.41) is 5.37. The van der Waals surface area contributed by atoms with Crippen LogP contribution in [0.1, 0.15) is 47.7 Å². The molecule has 0 bridgehead atoms. The molecule has 0 saturated carbocycles. The number of carbonyl (C=O) groups excluding carboxylic acids is 1. The van der Waals surface area contributed by atoms with E-state index < -0.39 is 5.97 Å². The van der Waals surface area contributed by atoms with Crippen LogP contribution in [0.4, 0.5) is 5.69 Å². The summed E-state index contributed by atoms with van der Waals surface area (Å²) >= 11 is 12.1. The van der Waals surface area contributed by atoms with Crippen LogP contribution in [0.15, 0.2) is 58.0 Å². The number of halogens is 2. The number of hydrogen-bond acceptors (Lipinski definition) is 5. The molecule has 5 nitrogen and oxygen atoms in total. The topological polar surface area (TPSA) is 63.8 Å². The van der Waals surface area contributed by atoms with Crippen LogP contribution in [-0.2, 0) is 6.42 Å². The fourth-order valence-electron chi connectivity index (χ4n) is 3.75. The predicted octanol–water partition coefficient (Wildman–Crippen LogP) is 6.90. The molecule has 1 aliphatic rings. The maximum absolute atomic E-state index is 12.9. The molecule has 0 spiro atoms. The molecular formula is C24H22Cl2N2O3. The summed E-state index contributed by atoms with van der Waals surface area (Å²) in [5.74, 6) is 0.506. The molecule has 1 aliphatic carbocycles. The standard InChI is InChI=1S/C24H22Cl2N2O3/c1-14-21-18(28-27-16-7-5-4-6-8-16)12-24(2,3)13-20(21)30-22(14)23(29)31-19-10-9-15(25)11-17(19)26/h4-11,27H,12-13H2,1-3H3/b28-18-. The van der Waals surface area contributed by atoms with E-state index in [4.69, 9.17) is 32.4 Å². The Morgan fingerprint density at radius 3 is 2.58 bits per heavy atom. The van der Waals surface area contributed by atoms with Gasteiger partial charge >= 0.3 is 5.97 Å². The quantitative estimate of drug-likeness (QED) is 0.263. The third-order valence-electron chi connectivity index (χ3n) is 5.17. The Labute approximate surface area is 191 Å².